The Morgan fingerprint density at radius 2 is 1.62 bits per heavy atom. The molecule has 0 radical (unpaired) electrons. The van der Waals surface area contributed by atoms with Crippen molar-refractivity contribution in [3.05, 3.63) is 70.2 Å². The molecule has 138 valence electrons. The van der Waals surface area contributed by atoms with Crippen molar-refractivity contribution < 1.29 is 9.53 Å². The van der Waals surface area contributed by atoms with Crippen LogP contribution in [-0.2, 0) is 11.3 Å². The van der Waals surface area contributed by atoms with E-state index < -0.39 is 0 Å². The summed E-state index contributed by atoms with van der Waals surface area (Å²) in [5.41, 5.74) is 3.30. The lowest BCUT2D eigenvalue weighted by Crippen LogP contribution is -2.24. The van der Waals surface area contributed by atoms with Gasteiger partial charge < -0.3 is 9.64 Å². The molecule has 0 atom stereocenters. The summed E-state index contributed by atoms with van der Waals surface area (Å²) in [7, 11) is 4.17. The second-order valence-electron chi connectivity index (χ2n) is 7.37. The highest BCUT2D eigenvalue weighted by atomic mass is 35.5. The molecular weight excluding hydrogens is 346 g/mol. The molecule has 0 bridgehead atoms. The van der Waals surface area contributed by atoms with Gasteiger partial charge >= 0.3 is 5.97 Å². The molecule has 3 rings (SSSR count). The van der Waals surface area contributed by atoms with Gasteiger partial charge in [0.2, 0.25) is 0 Å². The van der Waals surface area contributed by atoms with E-state index in [0.29, 0.717) is 16.5 Å². The Kier molecular flexibility index (Phi) is 6.33. The van der Waals surface area contributed by atoms with Gasteiger partial charge in [0.15, 0.2) is 0 Å². The van der Waals surface area contributed by atoms with E-state index in [0.717, 1.165) is 32.2 Å². The van der Waals surface area contributed by atoms with Gasteiger partial charge in [-0.3, -0.25) is 0 Å². The van der Waals surface area contributed by atoms with Crippen LogP contribution in [0, 0.1) is 0 Å². The zero-order valence-corrected chi connectivity index (χ0v) is 16.2. The molecule has 0 saturated heterocycles. The highest BCUT2D eigenvalue weighted by Gasteiger charge is 2.25. The van der Waals surface area contributed by atoms with E-state index in [1.807, 2.05) is 0 Å². The predicted octanol–water partition coefficient (Wildman–Crippen LogP) is 5.28. The van der Waals surface area contributed by atoms with Crippen molar-refractivity contribution in [3.8, 4) is 0 Å². The SMILES string of the molecule is CN(C)Cc1ccc([C@H]2CC[C@@H](OC(=O)c3ccc(Cl)cc3)CC2)cc1. The maximum absolute atomic E-state index is 12.2. The van der Waals surface area contributed by atoms with Gasteiger partial charge in [-0.05, 0) is 81.1 Å². The molecule has 2 aromatic rings. The number of nitrogens with zero attached hydrogens (tertiary/aromatic N) is 1. The molecule has 1 aliphatic rings. The molecule has 26 heavy (non-hydrogen) atoms. The van der Waals surface area contributed by atoms with Crippen molar-refractivity contribution in [2.45, 2.75) is 44.2 Å². The molecule has 0 amide bonds. The van der Waals surface area contributed by atoms with Crippen molar-refractivity contribution in [1.29, 1.82) is 0 Å². The molecule has 0 aliphatic heterocycles. The fraction of sp³-hybridized carbons (Fsp3) is 0.409. The average Bonchev–Trinajstić information content (AvgIpc) is 2.63. The predicted molar refractivity (Wildman–Crippen MR) is 106 cm³/mol. The third kappa shape index (κ3) is 5.09. The summed E-state index contributed by atoms with van der Waals surface area (Å²) in [6, 6.07) is 15.8. The minimum atomic E-state index is -0.252. The third-order valence-corrected chi connectivity index (χ3v) is 5.23. The first-order valence-corrected chi connectivity index (χ1v) is 9.59. The smallest absolute Gasteiger partial charge is 0.338 e. The van der Waals surface area contributed by atoms with Gasteiger partial charge in [0.25, 0.3) is 0 Å². The van der Waals surface area contributed by atoms with Gasteiger partial charge in [0.1, 0.15) is 6.10 Å². The van der Waals surface area contributed by atoms with Gasteiger partial charge in [-0.2, -0.15) is 0 Å². The summed E-state index contributed by atoms with van der Waals surface area (Å²) in [4.78, 5) is 14.4. The number of hydrogen-bond donors (Lipinski definition) is 0. The van der Waals surface area contributed by atoms with E-state index in [9.17, 15) is 4.79 Å². The number of esters is 1. The largest absolute Gasteiger partial charge is 0.459 e. The Bertz CT molecular complexity index is 717. The first-order chi connectivity index (χ1) is 12.5. The van der Waals surface area contributed by atoms with Crippen molar-refractivity contribution in [2.75, 3.05) is 14.1 Å². The van der Waals surface area contributed by atoms with Crippen LogP contribution < -0.4 is 0 Å². The normalized spacial score (nSPS) is 20.2. The second kappa shape index (κ2) is 8.70. The van der Waals surface area contributed by atoms with Crippen LogP contribution >= 0.6 is 11.6 Å². The van der Waals surface area contributed by atoms with Crippen LogP contribution in [0.1, 0.15) is 53.1 Å². The molecule has 0 spiro atoms. The van der Waals surface area contributed by atoms with Crippen LogP contribution in [0.4, 0.5) is 0 Å². The zero-order chi connectivity index (χ0) is 18.5. The first kappa shape index (κ1) is 18.9. The van der Waals surface area contributed by atoms with Crippen molar-refractivity contribution >= 4 is 17.6 Å². The van der Waals surface area contributed by atoms with Crippen molar-refractivity contribution in [1.82, 2.24) is 4.90 Å². The van der Waals surface area contributed by atoms with Gasteiger partial charge in [-0.1, -0.05) is 35.9 Å². The summed E-state index contributed by atoms with van der Waals surface area (Å²) >= 11 is 5.86. The average molecular weight is 372 g/mol. The summed E-state index contributed by atoms with van der Waals surface area (Å²) in [6.07, 6.45) is 3.98. The fourth-order valence-electron chi connectivity index (χ4n) is 3.58. The summed E-state index contributed by atoms with van der Waals surface area (Å²) in [6.45, 7) is 0.966. The number of carbonyl (C=O) groups excluding carboxylic acids is 1. The second-order valence-corrected chi connectivity index (χ2v) is 7.80. The molecular formula is C22H26ClNO2. The number of halogens is 1. The van der Waals surface area contributed by atoms with E-state index in [1.165, 1.54) is 11.1 Å². The Morgan fingerprint density at radius 1 is 1.00 bits per heavy atom. The summed E-state index contributed by atoms with van der Waals surface area (Å²) in [5.74, 6) is 0.312. The van der Waals surface area contributed by atoms with Gasteiger partial charge in [0.05, 0.1) is 5.56 Å². The number of carbonyl (C=O) groups is 1. The third-order valence-electron chi connectivity index (χ3n) is 4.98. The molecule has 2 aromatic carbocycles. The monoisotopic (exact) mass is 371 g/mol. The van der Waals surface area contributed by atoms with Crippen molar-refractivity contribution in [2.24, 2.45) is 0 Å². The Balaban J connectivity index is 1.51. The van der Waals surface area contributed by atoms with Crippen LogP contribution in [0.5, 0.6) is 0 Å². The molecule has 0 N–H and O–H groups in total. The van der Waals surface area contributed by atoms with E-state index in [2.05, 4.69) is 43.3 Å². The minimum Gasteiger partial charge on any atom is -0.459 e. The molecule has 3 nitrogen and oxygen atoms in total. The highest BCUT2D eigenvalue weighted by Crippen LogP contribution is 2.34. The summed E-state index contributed by atoms with van der Waals surface area (Å²) in [5, 5.41) is 0.624. The van der Waals surface area contributed by atoms with E-state index in [-0.39, 0.29) is 12.1 Å². The maximum atomic E-state index is 12.2. The number of rotatable bonds is 5. The molecule has 4 heteroatoms. The van der Waals surface area contributed by atoms with Gasteiger partial charge in [-0.25, -0.2) is 4.79 Å². The van der Waals surface area contributed by atoms with E-state index in [4.69, 9.17) is 16.3 Å². The van der Waals surface area contributed by atoms with Crippen LogP contribution in [0.2, 0.25) is 5.02 Å². The van der Waals surface area contributed by atoms with Crippen molar-refractivity contribution in [3.63, 3.8) is 0 Å². The number of benzene rings is 2. The minimum absolute atomic E-state index is 0.0162. The molecule has 0 aromatic heterocycles. The van der Waals surface area contributed by atoms with Crippen LogP contribution in [-0.4, -0.2) is 31.1 Å². The molecule has 0 heterocycles. The fourth-order valence-corrected chi connectivity index (χ4v) is 3.71. The number of ether oxygens (including phenoxy) is 1. The standard InChI is InChI=1S/C22H26ClNO2/c1-24(2)15-16-3-5-17(6-4-16)18-9-13-21(14-10-18)26-22(25)19-7-11-20(23)12-8-19/h3-8,11-12,18,21H,9-10,13-15H2,1-2H3/t18-,21+. The Labute approximate surface area is 160 Å². The molecule has 0 unspecified atom stereocenters. The lowest BCUT2D eigenvalue weighted by atomic mass is 9.82. The molecule has 1 saturated carbocycles. The molecule has 1 fully saturated rings. The maximum Gasteiger partial charge on any atom is 0.338 e. The number of hydrogen-bond acceptors (Lipinski definition) is 3. The van der Waals surface area contributed by atoms with Crippen LogP contribution in [0.25, 0.3) is 0 Å². The van der Waals surface area contributed by atoms with E-state index >= 15 is 0 Å². The van der Waals surface area contributed by atoms with E-state index in [1.54, 1.807) is 24.3 Å². The Hall–Kier alpha value is -1.84. The lowest BCUT2D eigenvalue weighted by molar-refractivity contribution is 0.0195. The zero-order valence-electron chi connectivity index (χ0n) is 15.5. The molecule has 1 aliphatic carbocycles. The van der Waals surface area contributed by atoms with Crippen LogP contribution in [0.15, 0.2) is 48.5 Å². The lowest BCUT2D eigenvalue weighted by Gasteiger charge is -2.28. The Morgan fingerprint density at radius 3 is 2.19 bits per heavy atom. The quantitative estimate of drug-likeness (QED) is 0.669. The van der Waals surface area contributed by atoms with Crippen LogP contribution in [0.3, 0.4) is 0 Å². The van der Waals surface area contributed by atoms with Gasteiger partial charge in [-0.15, -0.1) is 0 Å². The highest BCUT2D eigenvalue weighted by molar-refractivity contribution is 6.30. The van der Waals surface area contributed by atoms with Gasteiger partial charge in [0, 0.05) is 11.6 Å². The summed E-state index contributed by atoms with van der Waals surface area (Å²) < 4.78 is 5.68. The first-order valence-electron chi connectivity index (χ1n) is 9.21. The topological polar surface area (TPSA) is 29.5 Å².